The van der Waals surface area contributed by atoms with Gasteiger partial charge in [-0.2, -0.15) is 0 Å². The number of carbonyl (C=O) groups excluding carboxylic acids is 2. The number of ketones is 1. The summed E-state index contributed by atoms with van der Waals surface area (Å²) in [4.78, 5) is 22.5. The Morgan fingerprint density at radius 1 is 1.14 bits per heavy atom. The molecule has 4 nitrogen and oxygen atoms in total. The molecular formula is C18H16O4. The summed E-state index contributed by atoms with van der Waals surface area (Å²) in [6, 6.07) is 14.2. The van der Waals surface area contributed by atoms with Gasteiger partial charge in [-0.05, 0) is 24.3 Å². The molecule has 0 saturated heterocycles. The summed E-state index contributed by atoms with van der Waals surface area (Å²) >= 11 is 0. The van der Waals surface area contributed by atoms with Crippen molar-refractivity contribution in [3.8, 4) is 11.5 Å². The first-order valence-corrected chi connectivity index (χ1v) is 6.76. The van der Waals surface area contributed by atoms with Crippen molar-refractivity contribution in [3.63, 3.8) is 0 Å². The second kappa shape index (κ2) is 7.78. The van der Waals surface area contributed by atoms with Crippen LogP contribution >= 0.6 is 0 Å². The van der Waals surface area contributed by atoms with Crippen molar-refractivity contribution in [2.24, 2.45) is 0 Å². The number of aldehydes is 1. The van der Waals surface area contributed by atoms with Crippen molar-refractivity contribution in [1.82, 2.24) is 0 Å². The zero-order chi connectivity index (χ0) is 15.8. The summed E-state index contributed by atoms with van der Waals surface area (Å²) in [6.45, 7) is -0.0549. The number of hydrogen-bond acceptors (Lipinski definition) is 4. The van der Waals surface area contributed by atoms with Gasteiger partial charge in [-0.15, -0.1) is 0 Å². The van der Waals surface area contributed by atoms with E-state index < -0.39 is 0 Å². The van der Waals surface area contributed by atoms with E-state index in [2.05, 4.69) is 0 Å². The van der Waals surface area contributed by atoms with E-state index in [-0.39, 0.29) is 12.4 Å². The fourth-order valence-electron chi connectivity index (χ4n) is 1.89. The quantitative estimate of drug-likeness (QED) is 0.447. The topological polar surface area (TPSA) is 52.6 Å². The maximum Gasteiger partial charge on any atom is 0.185 e. The molecule has 0 saturated carbocycles. The zero-order valence-corrected chi connectivity index (χ0v) is 12.2. The lowest BCUT2D eigenvalue weighted by molar-refractivity contribution is -0.109. The van der Waals surface area contributed by atoms with Crippen molar-refractivity contribution in [2.75, 3.05) is 13.7 Å². The molecule has 22 heavy (non-hydrogen) atoms. The number of hydrogen-bond donors (Lipinski definition) is 0. The molecule has 0 aliphatic heterocycles. The number of rotatable bonds is 7. The Hall–Kier alpha value is -2.88. The van der Waals surface area contributed by atoms with Crippen molar-refractivity contribution < 1.29 is 19.1 Å². The van der Waals surface area contributed by atoms with Crippen LogP contribution in [-0.2, 0) is 4.79 Å². The minimum absolute atomic E-state index is 0.0549. The minimum atomic E-state index is -0.0993. The van der Waals surface area contributed by atoms with Crippen LogP contribution in [0.5, 0.6) is 11.5 Å². The van der Waals surface area contributed by atoms with E-state index in [9.17, 15) is 9.59 Å². The van der Waals surface area contributed by atoms with E-state index in [0.717, 1.165) is 0 Å². The fraction of sp³-hybridized carbons (Fsp3) is 0.111. The molecule has 0 aliphatic rings. The second-order valence-corrected chi connectivity index (χ2v) is 4.45. The normalized spacial score (nSPS) is 10.4. The standard InChI is InChI=1S/C18H16O4/c1-21-16-9-7-15(18(13-16)22-12-11-19)8-10-17(20)14-5-3-2-4-6-14/h2-11,13H,12H2,1H3/b10-8+. The van der Waals surface area contributed by atoms with Crippen LogP contribution in [0.25, 0.3) is 6.08 Å². The largest absolute Gasteiger partial charge is 0.497 e. The third-order valence-corrected chi connectivity index (χ3v) is 3.00. The molecule has 0 bridgehead atoms. The zero-order valence-electron chi connectivity index (χ0n) is 12.2. The van der Waals surface area contributed by atoms with E-state index >= 15 is 0 Å². The Kier molecular flexibility index (Phi) is 5.49. The first kappa shape index (κ1) is 15.5. The summed E-state index contributed by atoms with van der Waals surface area (Å²) in [5, 5.41) is 0. The highest BCUT2D eigenvalue weighted by Gasteiger charge is 2.05. The molecule has 2 rings (SSSR count). The molecule has 0 spiro atoms. The maximum absolute atomic E-state index is 12.1. The van der Waals surface area contributed by atoms with Crippen LogP contribution in [0.2, 0.25) is 0 Å². The molecule has 2 aromatic carbocycles. The molecule has 0 fully saturated rings. The first-order chi connectivity index (χ1) is 10.7. The molecular weight excluding hydrogens is 280 g/mol. The van der Waals surface area contributed by atoms with E-state index in [1.807, 2.05) is 18.2 Å². The SMILES string of the molecule is COc1ccc(/C=C/C(=O)c2ccccc2)c(OCC=O)c1. The number of ether oxygens (including phenoxy) is 2. The molecule has 4 heteroatoms. The Morgan fingerprint density at radius 2 is 1.91 bits per heavy atom. The van der Waals surface area contributed by atoms with Crippen LogP contribution in [0, 0.1) is 0 Å². The molecule has 0 aliphatic carbocycles. The molecule has 2 aromatic rings. The molecule has 0 N–H and O–H groups in total. The number of carbonyl (C=O) groups is 2. The highest BCUT2D eigenvalue weighted by atomic mass is 16.5. The Balaban J connectivity index is 2.22. The lowest BCUT2D eigenvalue weighted by atomic mass is 10.1. The fourth-order valence-corrected chi connectivity index (χ4v) is 1.89. The Morgan fingerprint density at radius 3 is 2.59 bits per heavy atom. The molecule has 112 valence electrons. The highest BCUT2D eigenvalue weighted by Crippen LogP contribution is 2.26. The predicted octanol–water partition coefficient (Wildman–Crippen LogP) is 3.17. The van der Waals surface area contributed by atoms with Gasteiger partial charge < -0.3 is 9.47 Å². The van der Waals surface area contributed by atoms with E-state index in [4.69, 9.17) is 9.47 Å². The molecule has 0 radical (unpaired) electrons. The summed E-state index contributed by atoms with van der Waals surface area (Å²) < 4.78 is 10.5. The molecule has 0 heterocycles. The summed E-state index contributed by atoms with van der Waals surface area (Å²) in [7, 11) is 1.55. The highest BCUT2D eigenvalue weighted by molar-refractivity contribution is 6.06. The number of allylic oxidation sites excluding steroid dienone is 1. The van der Waals surface area contributed by atoms with Gasteiger partial charge in [0.15, 0.2) is 12.1 Å². The average Bonchev–Trinajstić information content (AvgIpc) is 2.58. The van der Waals surface area contributed by atoms with Gasteiger partial charge in [-0.3, -0.25) is 9.59 Å². The van der Waals surface area contributed by atoms with Crippen molar-refractivity contribution >= 4 is 18.1 Å². The third-order valence-electron chi connectivity index (χ3n) is 3.00. The van der Waals surface area contributed by atoms with Gasteiger partial charge in [0.2, 0.25) is 0 Å². The van der Waals surface area contributed by atoms with Crippen LogP contribution < -0.4 is 9.47 Å². The number of methoxy groups -OCH3 is 1. The first-order valence-electron chi connectivity index (χ1n) is 6.76. The minimum Gasteiger partial charge on any atom is -0.497 e. The predicted molar refractivity (Wildman–Crippen MR) is 84.4 cm³/mol. The van der Waals surface area contributed by atoms with Crippen LogP contribution in [0.1, 0.15) is 15.9 Å². The van der Waals surface area contributed by atoms with Crippen LogP contribution in [0.3, 0.4) is 0 Å². The monoisotopic (exact) mass is 296 g/mol. The van der Waals surface area contributed by atoms with E-state index in [1.54, 1.807) is 43.5 Å². The maximum atomic E-state index is 12.1. The van der Waals surface area contributed by atoms with Crippen LogP contribution in [0.15, 0.2) is 54.6 Å². The lowest BCUT2D eigenvalue weighted by Crippen LogP contribution is -2.00. The molecule has 0 atom stereocenters. The second-order valence-electron chi connectivity index (χ2n) is 4.45. The Labute approximate surface area is 129 Å². The molecule has 0 aromatic heterocycles. The smallest absolute Gasteiger partial charge is 0.185 e. The lowest BCUT2D eigenvalue weighted by Gasteiger charge is -2.08. The van der Waals surface area contributed by atoms with Gasteiger partial charge in [-0.25, -0.2) is 0 Å². The molecule has 0 unspecified atom stereocenters. The van der Waals surface area contributed by atoms with Gasteiger partial charge in [-0.1, -0.05) is 30.3 Å². The summed E-state index contributed by atoms with van der Waals surface area (Å²) in [5.74, 6) is 1.01. The summed E-state index contributed by atoms with van der Waals surface area (Å²) in [5.41, 5.74) is 1.31. The van der Waals surface area contributed by atoms with Crippen molar-refractivity contribution in [2.45, 2.75) is 0 Å². The van der Waals surface area contributed by atoms with Gasteiger partial charge in [0.25, 0.3) is 0 Å². The van der Waals surface area contributed by atoms with Gasteiger partial charge >= 0.3 is 0 Å². The number of benzene rings is 2. The van der Waals surface area contributed by atoms with Crippen LogP contribution in [-0.4, -0.2) is 25.8 Å². The summed E-state index contributed by atoms with van der Waals surface area (Å²) in [6.07, 6.45) is 3.81. The third kappa shape index (κ3) is 4.06. The van der Waals surface area contributed by atoms with Gasteiger partial charge in [0.1, 0.15) is 18.1 Å². The van der Waals surface area contributed by atoms with Crippen molar-refractivity contribution in [3.05, 3.63) is 65.7 Å². The van der Waals surface area contributed by atoms with Crippen LogP contribution in [0.4, 0.5) is 0 Å². The van der Waals surface area contributed by atoms with Gasteiger partial charge in [0, 0.05) is 17.2 Å². The van der Waals surface area contributed by atoms with Gasteiger partial charge in [0.05, 0.1) is 7.11 Å². The average molecular weight is 296 g/mol. The molecule has 0 amide bonds. The Bertz CT molecular complexity index is 675. The van der Waals surface area contributed by atoms with E-state index in [1.165, 1.54) is 6.08 Å². The van der Waals surface area contributed by atoms with E-state index in [0.29, 0.717) is 28.9 Å². The van der Waals surface area contributed by atoms with Crippen molar-refractivity contribution in [1.29, 1.82) is 0 Å².